The Hall–Kier alpha value is -5.72. The maximum Gasteiger partial charge on any atom is 0.394 e. The molecule has 1 unspecified atom stereocenters. The number of carboxylic acids is 1. The number of aliphatic carboxylic acids is 1. The molecule has 0 aromatic rings. The van der Waals surface area contributed by atoms with Crippen molar-refractivity contribution in [1.82, 2.24) is 20.0 Å². The van der Waals surface area contributed by atoms with E-state index < -0.39 is 132 Å². The number of hydrogen-bond donors (Lipinski definition) is 9. The van der Waals surface area contributed by atoms with Gasteiger partial charge < -0.3 is 84.4 Å². The normalized spacial score (nSPS) is 26.7. The molecule has 0 radical (unpaired) electrons. The van der Waals surface area contributed by atoms with Gasteiger partial charge in [0.15, 0.2) is 6.17 Å². The third-order valence-electron chi connectivity index (χ3n) is 17.0. The SMILES string of the molecule is C.C.C.C1CCOC1.C1CCOC1.CC1(C)OC[C@H]2CC(F)(F)C(=O)N21.CC1(C)OC[C@H]2CC(F)C(=O)N21.CC1(C)OC[C@H]2CCC(=O)N21.CO.COC(=O)C(F)(F)C[C@@H](N)CO.COC(=O)[C@H]1CCC(=O)C1.O=C1CC[C@H](C(=O)O)C1.O=C1CC[C@H](CO)C1.O=C1N[C@@H](CO)CC1(F)F.O=S(=O)(O)O. The van der Waals surface area contributed by atoms with Gasteiger partial charge in [-0.05, 0) is 98.8 Å². The van der Waals surface area contributed by atoms with Gasteiger partial charge in [-0.3, -0.25) is 52.3 Å². The van der Waals surface area contributed by atoms with E-state index in [4.69, 9.17) is 72.5 Å². The number of nitrogens with one attached hydrogen (secondary N) is 1. The quantitative estimate of drug-likeness (QED) is 0.0856. The number of ether oxygens (including phenoxy) is 7. The smallest absolute Gasteiger partial charge is 0.394 e. The van der Waals surface area contributed by atoms with E-state index >= 15 is 0 Å². The number of aliphatic hydroxyl groups is 4. The molecule has 0 aromatic heterocycles. The number of esters is 2. The van der Waals surface area contributed by atoms with Crippen molar-refractivity contribution in [2.75, 3.05) is 87.4 Å². The van der Waals surface area contributed by atoms with E-state index in [1.165, 1.54) is 37.7 Å². The van der Waals surface area contributed by atoms with E-state index in [0.29, 0.717) is 76.2 Å². The van der Waals surface area contributed by atoms with Crippen molar-refractivity contribution in [2.24, 2.45) is 23.5 Å². The van der Waals surface area contributed by atoms with Gasteiger partial charge in [0.05, 0.1) is 83.3 Å². The Morgan fingerprint density at radius 2 is 1.07 bits per heavy atom. The first-order valence-corrected chi connectivity index (χ1v) is 34.5. The number of halogens is 7. The summed E-state index contributed by atoms with van der Waals surface area (Å²) in [6.45, 7) is 15.3. The number of rotatable bonds is 8. The van der Waals surface area contributed by atoms with Crippen LogP contribution in [0.5, 0.6) is 0 Å². The molecule has 31 nitrogen and oxygen atoms in total. The number of carboxylic acid groups (broad SMARTS) is 1. The highest BCUT2D eigenvalue weighted by Crippen LogP contribution is 2.43. The van der Waals surface area contributed by atoms with Crippen LogP contribution in [-0.2, 0) is 91.5 Å². The highest BCUT2D eigenvalue weighted by atomic mass is 32.3. The topological polar surface area (TPSA) is 459 Å². The lowest BCUT2D eigenvalue weighted by Gasteiger charge is -2.29. The van der Waals surface area contributed by atoms with Crippen LogP contribution < -0.4 is 11.1 Å². The van der Waals surface area contributed by atoms with E-state index in [0.717, 1.165) is 65.0 Å². The Balaban J connectivity index is -0.00000110. The van der Waals surface area contributed by atoms with Crippen LogP contribution in [0.15, 0.2) is 0 Å². The van der Waals surface area contributed by atoms with Crippen LogP contribution in [0.4, 0.5) is 30.7 Å². The summed E-state index contributed by atoms with van der Waals surface area (Å²) in [6.07, 6.45) is 8.89. The number of nitrogens with two attached hydrogens (primary N) is 1. The molecule has 12 fully saturated rings. The number of alkyl halides is 7. The number of ketones is 3. The van der Waals surface area contributed by atoms with Crippen molar-refractivity contribution in [2.45, 2.75) is 257 Å². The third-order valence-corrected chi connectivity index (χ3v) is 17.0. The minimum atomic E-state index is -4.67. The van der Waals surface area contributed by atoms with Crippen LogP contribution in [0.1, 0.15) is 186 Å². The van der Waals surface area contributed by atoms with Crippen LogP contribution >= 0.6 is 0 Å². The van der Waals surface area contributed by atoms with Gasteiger partial charge in [-0.25, -0.2) is 9.18 Å². The molecular weight excluding hydrogens is 1440 g/mol. The maximum atomic E-state index is 13.0. The lowest BCUT2D eigenvalue weighted by molar-refractivity contribution is -0.170. The Bertz CT molecular complexity index is 2790. The van der Waals surface area contributed by atoms with Crippen molar-refractivity contribution >= 4 is 69.3 Å². The molecule has 12 aliphatic rings. The van der Waals surface area contributed by atoms with Gasteiger partial charge in [-0.15, -0.1) is 0 Å². The van der Waals surface area contributed by atoms with Crippen molar-refractivity contribution in [1.29, 1.82) is 0 Å². The van der Waals surface area contributed by atoms with Crippen molar-refractivity contribution in [3.8, 4) is 0 Å². The Kier molecular flexibility index (Phi) is 47.2. The van der Waals surface area contributed by atoms with Gasteiger partial charge >= 0.3 is 46.1 Å². The highest BCUT2D eigenvalue weighted by Gasteiger charge is 2.61. The first kappa shape index (κ1) is 103. The molecule has 3 saturated carbocycles. The number of carbonyl (C=O) groups excluding carboxylic acids is 9. The average Bonchev–Trinajstić information content (AvgIpc) is 1.60. The molecule has 9 heterocycles. The summed E-state index contributed by atoms with van der Waals surface area (Å²) >= 11 is 0. The van der Waals surface area contributed by atoms with E-state index in [9.17, 15) is 78.7 Å². The van der Waals surface area contributed by atoms with Gasteiger partial charge in [0.25, 0.3) is 17.7 Å². The molecular formula is C66H116F7N5O26S. The van der Waals surface area contributed by atoms with Crippen molar-refractivity contribution in [3.05, 3.63) is 0 Å². The van der Waals surface area contributed by atoms with E-state index in [-0.39, 0.29) is 89.0 Å². The molecule has 9 atom stereocenters. The standard InChI is InChI=1S/C8H11F2NO2.C8H12FNO2.C8H13NO2.C7H10O3.C6H11F2NO3.C6H8O3.C6H10O2.C5H7F2NO2.2C4H8O.CH4O.3CH4.H2O4S/c1-7(2)11-5(4-13-7)3-8(9,10)6(11)12;1-8(2)10-5(4-12-8)3-6(9)7(10)11;1-8(2)9-6(5-11-8)3-4-7(9)10;1-10-7(9)5-2-3-6(8)4-5;1-12-5(11)6(7,8)2-4(9)3-10;7-5-2-1-4(3-5)6(8)9;7-4-5-1-2-6(8)3-5;6-5(7)1-3(2-9)8-4(5)10;2*1-2-4-5-3-1;1-2;;;;1-5(2,3)4/h5H,3-4H2,1-2H3;5-6H,3-4H2,1-2H3;6H,3-5H2,1-2H3;5H,2-4H2,1H3;4,10H,2-3,9H2,1H3;4H,1-3H2,(H,8,9);5,7H,1-4H2;3,9H,1-2H2,(H,8,10);2*1-4H2;2H,1H3;3*1H4;(H2,1,2,3,4)/t5-;5-,6?;6-;5-;2*4-;5-;3-;;;;;;;/m11101001......./s1. The van der Waals surface area contributed by atoms with E-state index in [1.807, 2.05) is 24.1 Å². The van der Waals surface area contributed by atoms with Gasteiger partial charge in [-0.1, -0.05) is 22.3 Å². The largest absolute Gasteiger partial charge is 0.481 e. The highest BCUT2D eigenvalue weighted by molar-refractivity contribution is 7.79. The number of nitrogens with zero attached hydrogens (tertiary/aromatic N) is 3. The monoisotopic (exact) mass is 1560 g/mol. The first-order chi connectivity index (χ1) is 47.2. The Morgan fingerprint density at radius 1 is 0.629 bits per heavy atom. The van der Waals surface area contributed by atoms with Crippen LogP contribution in [0, 0.1) is 17.8 Å². The van der Waals surface area contributed by atoms with E-state index in [2.05, 4.69) is 9.47 Å². The second kappa shape index (κ2) is 47.9. The summed E-state index contributed by atoms with van der Waals surface area (Å²) in [5, 5.41) is 42.6. The first-order valence-electron chi connectivity index (χ1n) is 33.1. The fourth-order valence-electron chi connectivity index (χ4n) is 11.8. The molecule has 39 heteroatoms. The number of methoxy groups -OCH3 is 2. The number of hydrogen-bond acceptors (Lipinski definition) is 24. The van der Waals surface area contributed by atoms with Crippen molar-refractivity contribution < 1.29 is 155 Å². The van der Waals surface area contributed by atoms with Crippen LogP contribution in [-0.4, -0.2) is 275 Å². The minimum absolute atomic E-state index is 0. The summed E-state index contributed by atoms with van der Waals surface area (Å²) in [4.78, 5) is 112. The predicted molar refractivity (Wildman–Crippen MR) is 362 cm³/mol. The zero-order valence-electron chi connectivity index (χ0n) is 59.1. The van der Waals surface area contributed by atoms with Crippen LogP contribution in [0.3, 0.4) is 0 Å². The number of Topliss-reactive ketones (excluding diaryl/α,β-unsaturated/α-hetero) is 3. The Labute approximate surface area is 610 Å². The molecule has 0 bridgehead atoms. The Morgan fingerprint density at radius 3 is 1.38 bits per heavy atom. The summed E-state index contributed by atoms with van der Waals surface area (Å²) in [5.41, 5.74) is 3.18. The number of aliphatic hydroxyl groups excluding tert-OH is 4. The lowest BCUT2D eigenvalue weighted by Crippen LogP contribution is -2.46. The predicted octanol–water partition coefficient (Wildman–Crippen LogP) is 5.21. The zero-order valence-corrected chi connectivity index (χ0v) is 59.9. The molecule has 105 heavy (non-hydrogen) atoms. The molecule has 3 aliphatic carbocycles. The molecule has 9 saturated heterocycles. The van der Waals surface area contributed by atoms with Gasteiger partial charge in [0.2, 0.25) is 5.91 Å². The van der Waals surface area contributed by atoms with Gasteiger partial charge in [0.1, 0.15) is 34.5 Å². The summed E-state index contributed by atoms with van der Waals surface area (Å²) in [6, 6.07) is -2.01. The maximum absolute atomic E-state index is 13.0. The molecule has 10 N–H and O–H groups in total. The fourth-order valence-corrected chi connectivity index (χ4v) is 11.8. The molecule has 0 spiro atoms. The van der Waals surface area contributed by atoms with Gasteiger partial charge in [0, 0.05) is 117 Å². The molecule has 12 rings (SSSR count). The molecule has 9 aliphatic heterocycles. The average molecular weight is 1560 g/mol. The number of amides is 4. The number of fused-ring (bicyclic) bond motifs is 3. The summed E-state index contributed by atoms with van der Waals surface area (Å²) < 4.78 is 154. The van der Waals surface area contributed by atoms with E-state index in [1.54, 1.807) is 27.7 Å². The zero-order chi connectivity index (χ0) is 78.4. The second-order valence-corrected chi connectivity index (χ2v) is 27.3. The minimum Gasteiger partial charge on any atom is -0.481 e. The molecule has 4 amide bonds. The van der Waals surface area contributed by atoms with Crippen molar-refractivity contribution in [3.63, 3.8) is 0 Å². The second-order valence-electron chi connectivity index (χ2n) is 26.4. The number of carbonyl (C=O) groups is 10. The molecule has 616 valence electrons. The third kappa shape index (κ3) is 35.9. The fraction of sp³-hybridized carbons (Fsp3) is 0.848. The van der Waals surface area contributed by atoms with Crippen LogP contribution in [0.2, 0.25) is 0 Å². The summed E-state index contributed by atoms with van der Waals surface area (Å²) in [5.74, 6) is -15.0. The lowest BCUT2D eigenvalue weighted by atomic mass is 10.1. The molecule has 0 aromatic carbocycles. The van der Waals surface area contributed by atoms with Gasteiger partial charge in [-0.2, -0.15) is 34.8 Å². The van der Waals surface area contributed by atoms with Crippen LogP contribution in [0.25, 0.3) is 0 Å². The summed E-state index contributed by atoms with van der Waals surface area (Å²) in [7, 11) is -1.45.